The van der Waals surface area contributed by atoms with Crippen LogP contribution in [0.15, 0.2) is 61.1 Å². The van der Waals surface area contributed by atoms with Gasteiger partial charge in [-0.3, -0.25) is 9.97 Å². The normalized spacial score (nSPS) is 10.9. The Hall–Kier alpha value is -3.41. The largest absolute Gasteiger partial charge is 0.497 e. The predicted octanol–water partition coefficient (Wildman–Crippen LogP) is 3.07. The molecule has 4 aromatic rings. The van der Waals surface area contributed by atoms with E-state index in [0.29, 0.717) is 5.82 Å². The van der Waals surface area contributed by atoms with Gasteiger partial charge in [-0.15, -0.1) is 5.10 Å². The maximum absolute atomic E-state index is 6.05. The van der Waals surface area contributed by atoms with E-state index in [-0.39, 0.29) is 0 Å². The molecule has 6 heteroatoms. The van der Waals surface area contributed by atoms with Crippen molar-refractivity contribution in [1.29, 1.82) is 0 Å². The van der Waals surface area contributed by atoms with Gasteiger partial charge in [0, 0.05) is 24.2 Å². The Morgan fingerprint density at radius 3 is 2.62 bits per heavy atom. The van der Waals surface area contributed by atoms with Crippen molar-refractivity contribution >= 4 is 16.7 Å². The van der Waals surface area contributed by atoms with Crippen LogP contribution in [0.1, 0.15) is 0 Å². The molecule has 3 heterocycles. The minimum absolute atomic E-state index is 0.450. The lowest BCUT2D eigenvalue weighted by molar-refractivity contribution is 0.414. The first-order valence-corrected chi connectivity index (χ1v) is 7.45. The molecule has 24 heavy (non-hydrogen) atoms. The predicted molar refractivity (Wildman–Crippen MR) is 93.1 cm³/mol. The Morgan fingerprint density at radius 2 is 1.92 bits per heavy atom. The average Bonchev–Trinajstić information content (AvgIpc) is 2.99. The highest BCUT2D eigenvalue weighted by Gasteiger charge is 2.12. The summed E-state index contributed by atoms with van der Waals surface area (Å²) in [6.07, 6.45) is 5.27. The fourth-order valence-electron chi connectivity index (χ4n) is 2.63. The molecule has 2 N–H and O–H groups in total. The van der Waals surface area contributed by atoms with Crippen molar-refractivity contribution in [2.24, 2.45) is 0 Å². The van der Waals surface area contributed by atoms with Crippen LogP contribution in [0.3, 0.4) is 0 Å². The summed E-state index contributed by atoms with van der Waals surface area (Å²) in [5.74, 6) is 1.24. The highest BCUT2D eigenvalue weighted by Crippen LogP contribution is 2.27. The van der Waals surface area contributed by atoms with Crippen molar-refractivity contribution in [1.82, 2.24) is 19.7 Å². The van der Waals surface area contributed by atoms with Gasteiger partial charge in [-0.1, -0.05) is 0 Å². The number of anilines is 1. The van der Waals surface area contributed by atoms with Gasteiger partial charge in [0.05, 0.1) is 29.4 Å². The summed E-state index contributed by atoms with van der Waals surface area (Å²) < 4.78 is 7.01. The number of methoxy groups -OCH3 is 1. The number of nitrogens with two attached hydrogens (primary N) is 1. The highest BCUT2D eigenvalue weighted by atomic mass is 16.5. The van der Waals surface area contributed by atoms with Crippen molar-refractivity contribution in [2.75, 3.05) is 12.8 Å². The Labute approximate surface area is 138 Å². The van der Waals surface area contributed by atoms with E-state index in [1.165, 1.54) is 0 Å². The molecule has 0 saturated heterocycles. The lowest BCUT2D eigenvalue weighted by atomic mass is 10.1. The Bertz CT molecular complexity index is 993. The molecule has 0 radical (unpaired) electrons. The average molecular weight is 317 g/mol. The van der Waals surface area contributed by atoms with Crippen LogP contribution < -0.4 is 10.5 Å². The van der Waals surface area contributed by atoms with Crippen molar-refractivity contribution in [2.45, 2.75) is 0 Å². The molecule has 1 aromatic carbocycles. The molecule has 0 bridgehead atoms. The van der Waals surface area contributed by atoms with E-state index in [1.807, 2.05) is 47.1 Å². The molecule has 0 aliphatic carbocycles. The number of nitrogens with zero attached hydrogens (tertiary/aromatic N) is 4. The summed E-state index contributed by atoms with van der Waals surface area (Å²) in [4.78, 5) is 8.62. The van der Waals surface area contributed by atoms with Gasteiger partial charge in [0.2, 0.25) is 0 Å². The second-order valence-electron chi connectivity index (χ2n) is 5.32. The van der Waals surface area contributed by atoms with Crippen molar-refractivity contribution in [3.8, 4) is 22.7 Å². The van der Waals surface area contributed by atoms with Crippen LogP contribution in [0.25, 0.3) is 27.8 Å². The first-order chi connectivity index (χ1) is 11.8. The van der Waals surface area contributed by atoms with Crippen LogP contribution in [0.2, 0.25) is 0 Å². The van der Waals surface area contributed by atoms with Crippen LogP contribution >= 0.6 is 0 Å². The number of hydrogen-bond acceptors (Lipinski definition) is 5. The monoisotopic (exact) mass is 317 g/mol. The molecule has 0 amide bonds. The maximum atomic E-state index is 6.05. The number of benzene rings is 1. The van der Waals surface area contributed by atoms with Gasteiger partial charge in [0.15, 0.2) is 5.82 Å². The minimum atomic E-state index is 0.450. The molecule has 0 spiro atoms. The topological polar surface area (TPSA) is 78.9 Å². The van der Waals surface area contributed by atoms with Gasteiger partial charge < -0.3 is 10.5 Å². The molecule has 0 aliphatic heterocycles. The molecule has 4 rings (SSSR count). The minimum Gasteiger partial charge on any atom is -0.497 e. The van der Waals surface area contributed by atoms with E-state index < -0.39 is 0 Å². The van der Waals surface area contributed by atoms with E-state index in [4.69, 9.17) is 10.5 Å². The van der Waals surface area contributed by atoms with Gasteiger partial charge >= 0.3 is 0 Å². The number of pyridine rings is 2. The van der Waals surface area contributed by atoms with Gasteiger partial charge in [0.25, 0.3) is 0 Å². The number of rotatable bonds is 3. The Balaban J connectivity index is 1.89. The third-order valence-electron chi connectivity index (χ3n) is 3.87. The summed E-state index contributed by atoms with van der Waals surface area (Å²) in [6, 6.07) is 13.5. The number of aromatic nitrogens is 4. The Morgan fingerprint density at radius 1 is 1.08 bits per heavy atom. The van der Waals surface area contributed by atoms with Gasteiger partial charge in [-0.25, -0.2) is 4.68 Å². The molecular weight excluding hydrogens is 302 g/mol. The molecule has 0 saturated carbocycles. The molecule has 3 aromatic heterocycles. The third kappa shape index (κ3) is 2.34. The summed E-state index contributed by atoms with van der Waals surface area (Å²) in [6.45, 7) is 0. The van der Waals surface area contributed by atoms with Gasteiger partial charge in [-0.05, 0) is 42.5 Å². The molecule has 0 fully saturated rings. The second-order valence-corrected chi connectivity index (χ2v) is 5.32. The standard InChI is InChI=1S/C18H15N5O/c1-24-14-6-4-13(5-7-14)23-17-9-16(12-3-2-8-20-10-12)21-11-15(17)18(19)22-23/h2-11H,1H3,(H2,19,22). The summed E-state index contributed by atoms with van der Waals surface area (Å²) in [7, 11) is 1.64. The van der Waals surface area contributed by atoms with Gasteiger partial charge in [-0.2, -0.15) is 0 Å². The lowest BCUT2D eigenvalue weighted by Crippen LogP contribution is -1.97. The number of fused-ring (bicyclic) bond motifs is 1. The lowest BCUT2D eigenvalue weighted by Gasteiger charge is -2.06. The van der Waals surface area contributed by atoms with Crippen molar-refractivity contribution in [3.63, 3.8) is 0 Å². The molecular formula is C18H15N5O. The van der Waals surface area contributed by atoms with E-state index in [2.05, 4.69) is 15.1 Å². The van der Waals surface area contributed by atoms with E-state index in [1.54, 1.807) is 25.7 Å². The van der Waals surface area contributed by atoms with Crippen LogP contribution in [0.5, 0.6) is 5.75 Å². The first kappa shape index (κ1) is 14.2. The third-order valence-corrected chi connectivity index (χ3v) is 3.87. The molecule has 118 valence electrons. The molecule has 6 nitrogen and oxygen atoms in total. The summed E-state index contributed by atoms with van der Waals surface area (Å²) >= 11 is 0. The van der Waals surface area contributed by atoms with Crippen LogP contribution in [0, 0.1) is 0 Å². The van der Waals surface area contributed by atoms with Crippen molar-refractivity contribution < 1.29 is 4.74 Å². The smallest absolute Gasteiger partial charge is 0.155 e. The summed E-state index contributed by atoms with van der Waals surface area (Å²) in [5, 5.41) is 5.27. The Kier molecular flexibility index (Phi) is 3.35. The fourth-order valence-corrected chi connectivity index (χ4v) is 2.63. The van der Waals surface area contributed by atoms with E-state index >= 15 is 0 Å². The zero-order chi connectivity index (χ0) is 16.5. The molecule has 0 unspecified atom stereocenters. The highest BCUT2D eigenvalue weighted by molar-refractivity contribution is 5.91. The van der Waals surface area contributed by atoms with E-state index in [0.717, 1.165) is 33.6 Å². The van der Waals surface area contributed by atoms with E-state index in [9.17, 15) is 0 Å². The number of ether oxygens (including phenoxy) is 1. The summed E-state index contributed by atoms with van der Waals surface area (Å²) in [5.41, 5.74) is 9.62. The molecule has 0 aliphatic rings. The number of nitrogen functional groups attached to an aromatic ring is 1. The second kappa shape index (κ2) is 5.66. The maximum Gasteiger partial charge on any atom is 0.155 e. The SMILES string of the molecule is COc1ccc(-n2nc(N)c3cnc(-c4cccnc4)cc32)cc1. The number of hydrogen-bond donors (Lipinski definition) is 1. The molecule has 0 atom stereocenters. The van der Waals surface area contributed by atoms with Gasteiger partial charge in [0.1, 0.15) is 5.75 Å². The fraction of sp³-hybridized carbons (Fsp3) is 0.0556. The first-order valence-electron chi connectivity index (χ1n) is 7.45. The van der Waals surface area contributed by atoms with Crippen molar-refractivity contribution in [3.05, 3.63) is 61.1 Å². The van der Waals surface area contributed by atoms with Crippen LogP contribution in [0.4, 0.5) is 5.82 Å². The quantitative estimate of drug-likeness (QED) is 0.628. The zero-order valence-corrected chi connectivity index (χ0v) is 13.0. The van der Waals surface area contributed by atoms with Crippen LogP contribution in [-0.2, 0) is 0 Å². The van der Waals surface area contributed by atoms with Crippen LogP contribution in [-0.4, -0.2) is 26.9 Å². The zero-order valence-electron chi connectivity index (χ0n) is 13.0.